The van der Waals surface area contributed by atoms with Crippen LogP contribution in [0, 0.1) is 17.8 Å². The zero-order valence-corrected chi connectivity index (χ0v) is 13.7. The Bertz CT molecular complexity index is 783. The van der Waals surface area contributed by atoms with Crippen LogP contribution in [0.5, 0.6) is 0 Å². The molecule has 8 nitrogen and oxygen atoms in total. The molecule has 4 atom stereocenters. The summed E-state index contributed by atoms with van der Waals surface area (Å²) in [6.45, 7) is -0.499. The quantitative estimate of drug-likeness (QED) is 0.511. The van der Waals surface area contributed by atoms with E-state index in [0.717, 1.165) is 30.3 Å². The van der Waals surface area contributed by atoms with Crippen LogP contribution in [0.1, 0.15) is 43.9 Å². The van der Waals surface area contributed by atoms with E-state index in [1.807, 2.05) is 0 Å². The lowest BCUT2D eigenvalue weighted by Crippen LogP contribution is -2.38. The molecule has 1 aliphatic carbocycles. The Kier molecular flexibility index (Phi) is 5.39. The van der Waals surface area contributed by atoms with Crippen molar-refractivity contribution in [1.82, 2.24) is 9.55 Å². The standard InChI is InChI=1S/C17H22N2O6/c20-9-12-13(21)14(22)16(25-12)19-8-11(15(23)18-17(19)24)7-6-10-4-2-1-3-5-10/h8,10,12-14,16,20-22H,1-5,9H2,(H,18,23,24)/t12-,13-,14-,16-/m1/s1. The number of rotatable bonds is 2. The van der Waals surface area contributed by atoms with Crippen LogP contribution in [0.25, 0.3) is 0 Å². The third-order valence-electron chi connectivity index (χ3n) is 4.78. The fourth-order valence-electron chi connectivity index (χ4n) is 3.30. The molecule has 0 bridgehead atoms. The maximum absolute atomic E-state index is 12.1. The summed E-state index contributed by atoms with van der Waals surface area (Å²) in [6.07, 6.45) is 1.74. The first-order valence-corrected chi connectivity index (χ1v) is 8.50. The molecule has 0 amide bonds. The van der Waals surface area contributed by atoms with E-state index in [2.05, 4.69) is 16.8 Å². The molecular weight excluding hydrogens is 328 g/mol. The van der Waals surface area contributed by atoms with Crippen molar-refractivity contribution in [3.63, 3.8) is 0 Å². The van der Waals surface area contributed by atoms with Crippen molar-refractivity contribution in [3.05, 3.63) is 32.6 Å². The number of nitrogens with zero attached hydrogens (tertiary/aromatic N) is 1. The van der Waals surface area contributed by atoms with Crippen molar-refractivity contribution in [2.45, 2.75) is 56.6 Å². The molecule has 2 aliphatic rings. The summed E-state index contributed by atoms with van der Waals surface area (Å²) in [6, 6.07) is 0. The monoisotopic (exact) mass is 350 g/mol. The molecule has 1 aromatic heterocycles. The minimum atomic E-state index is -1.40. The van der Waals surface area contributed by atoms with Crippen molar-refractivity contribution in [1.29, 1.82) is 0 Å². The maximum atomic E-state index is 12.1. The molecular formula is C17H22N2O6. The Labute approximate surface area is 144 Å². The second kappa shape index (κ2) is 7.54. The molecule has 4 N–H and O–H groups in total. The first-order valence-electron chi connectivity index (χ1n) is 8.50. The second-order valence-corrected chi connectivity index (χ2v) is 6.54. The molecule has 1 saturated heterocycles. The van der Waals surface area contributed by atoms with Crippen molar-refractivity contribution in [2.24, 2.45) is 5.92 Å². The molecule has 0 spiro atoms. The van der Waals surface area contributed by atoms with E-state index in [9.17, 15) is 19.8 Å². The predicted octanol–water partition coefficient (Wildman–Crippen LogP) is -0.920. The number of H-pyrrole nitrogens is 1. The van der Waals surface area contributed by atoms with Crippen LogP contribution in [-0.2, 0) is 4.74 Å². The minimum absolute atomic E-state index is 0.0999. The van der Waals surface area contributed by atoms with Crippen LogP contribution in [0.2, 0.25) is 0 Å². The average molecular weight is 350 g/mol. The highest BCUT2D eigenvalue weighted by atomic mass is 16.6. The van der Waals surface area contributed by atoms with Gasteiger partial charge in [-0.05, 0) is 12.8 Å². The zero-order chi connectivity index (χ0) is 18.0. The first kappa shape index (κ1) is 17.9. The van der Waals surface area contributed by atoms with Crippen LogP contribution in [0.3, 0.4) is 0 Å². The first-order chi connectivity index (χ1) is 12.0. The predicted molar refractivity (Wildman–Crippen MR) is 87.8 cm³/mol. The third-order valence-corrected chi connectivity index (χ3v) is 4.78. The van der Waals surface area contributed by atoms with Gasteiger partial charge in [-0.15, -0.1) is 0 Å². The fourth-order valence-corrected chi connectivity index (χ4v) is 3.30. The lowest BCUT2D eigenvalue weighted by Gasteiger charge is -2.17. The third kappa shape index (κ3) is 3.70. The number of hydrogen-bond donors (Lipinski definition) is 4. The van der Waals surface area contributed by atoms with Gasteiger partial charge in [0, 0.05) is 12.1 Å². The molecule has 1 aromatic rings. The average Bonchev–Trinajstić information content (AvgIpc) is 2.90. The van der Waals surface area contributed by atoms with Gasteiger partial charge >= 0.3 is 5.69 Å². The topological polar surface area (TPSA) is 125 Å². The van der Waals surface area contributed by atoms with Gasteiger partial charge in [-0.2, -0.15) is 0 Å². The highest BCUT2D eigenvalue weighted by Crippen LogP contribution is 2.28. The van der Waals surface area contributed by atoms with Gasteiger partial charge in [-0.3, -0.25) is 14.3 Å². The van der Waals surface area contributed by atoms with Crippen LogP contribution in [0.4, 0.5) is 0 Å². The SMILES string of the molecule is O=c1[nH]c(=O)n([C@@H]2O[C@H](CO)[C@@H](O)[C@H]2O)cc1C#CC1CCCCC1. The van der Waals surface area contributed by atoms with E-state index < -0.39 is 42.4 Å². The van der Waals surface area contributed by atoms with E-state index in [4.69, 9.17) is 9.84 Å². The molecule has 25 heavy (non-hydrogen) atoms. The molecule has 0 aromatic carbocycles. The maximum Gasteiger partial charge on any atom is 0.330 e. The summed E-state index contributed by atoms with van der Waals surface area (Å²) in [5, 5.41) is 29.0. The smallest absolute Gasteiger partial charge is 0.330 e. The lowest BCUT2D eigenvalue weighted by atomic mass is 9.90. The van der Waals surface area contributed by atoms with E-state index in [1.165, 1.54) is 12.6 Å². The Morgan fingerprint density at radius 1 is 1.20 bits per heavy atom. The van der Waals surface area contributed by atoms with E-state index >= 15 is 0 Å². The number of nitrogens with one attached hydrogen (secondary N) is 1. The van der Waals surface area contributed by atoms with Gasteiger partial charge in [0.1, 0.15) is 23.9 Å². The molecule has 1 saturated carbocycles. The summed E-state index contributed by atoms with van der Waals surface area (Å²) in [5.41, 5.74) is -1.28. The summed E-state index contributed by atoms with van der Waals surface area (Å²) in [4.78, 5) is 26.2. The molecule has 0 radical (unpaired) electrons. The van der Waals surface area contributed by atoms with Crippen LogP contribution >= 0.6 is 0 Å². The van der Waals surface area contributed by atoms with Crippen LogP contribution in [0.15, 0.2) is 15.8 Å². The largest absolute Gasteiger partial charge is 0.394 e. The van der Waals surface area contributed by atoms with Crippen molar-refractivity contribution < 1.29 is 20.1 Å². The van der Waals surface area contributed by atoms with Gasteiger partial charge in [0.15, 0.2) is 6.23 Å². The van der Waals surface area contributed by atoms with Crippen molar-refractivity contribution in [3.8, 4) is 11.8 Å². The van der Waals surface area contributed by atoms with Crippen molar-refractivity contribution in [2.75, 3.05) is 6.61 Å². The Morgan fingerprint density at radius 3 is 2.56 bits per heavy atom. The Morgan fingerprint density at radius 2 is 1.92 bits per heavy atom. The zero-order valence-electron chi connectivity index (χ0n) is 13.7. The number of hydrogen-bond acceptors (Lipinski definition) is 6. The number of ether oxygens (including phenoxy) is 1. The highest BCUT2D eigenvalue weighted by Gasteiger charge is 2.43. The Hall–Kier alpha value is -1.92. The lowest BCUT2D eigenvalue weighted by molar-refractivity contribution is -0.0550. The Balaban J connectivity index is 1.90. The number of aromatic nitrogens is 2. The molecule has 136 valence electrons. The van der Waals surface area contributed by atoms with E-state index in [0.29, 0.717) is 0 Å². The van der Waals surface area contributed by atoms with E-state index in [-0.39, 0.29) is 11.5 Å². The molecule has 8 heteroatoms. The van der Waals surface area contributed by atoms with Gasteiger partial charge in [-0.25, -0.2) is 4.79 Å². The summed E-state index contributed by atoms with van der Waals surface area (Å²) in [7, 11) is 0. The van der Waals surface area contributed by atoms with Crippen molar-refractivity contribution >= 4 is 0 Å². The molecule has 2 fully saturated rings. The normalized spacial score (nSPS) is 30.0. The summed E-state index contributed by atoms with van der Waals surface area (Å²) >= 11 is 0. The highest BCUT2D eigenvalue weighted by molar-refractivity contribution is 5.30. The van der Waals surface area contributed by atoms with Gasteiger partial charge in [-0.1, -0.05) is 31.1 Å². The van der Waals surface area contributed by atoms with Gasteiger partial charge < -0.3 is 20.1 Å². The van der Waals surface area contributed by atoms with Crippen LogP contribution < -0.4 is 11.2 Å². The summed E-state index contributed by atoms with van der Waals surface area (Å²) < 4.78 is 6.33. The van der Waals surface area contributed by atoms with Gasteiger partial charge in [0.25, 0.3) is 5.56 Å². The molecule has 1 aliphatic heterocycles. The van der Waals surface area contributed by atoms with Crippen LogP contribution in [-0.4, -0.2) is 49.8 Å². The van der Waals surface area contributed by atoms with Gasteiger partial charge in [0.2, 0.25) is 0 Å². The molecule has 3 rings (SSSR count). The van der Waals surface area contributed by atoms with E-state index in [1.54, 1.807) is 0 Å². The van der Waals surface area contributed by atoms with Gasteiger partial charge in [0.05, 0.1) is 6.61 Å². The minimum Gasteiger partial charge on any atom is -0.394 e. The second-order valence-electron chi connectivity index (χ2n) is 6.54. The summed E-state index contributed by atoms with van der Waals surface area (Å²) in [5.74, 6) is 6.14. The number of aliphatic hydroxyl groups is 3. The number of aliphatic hydroxyl groups excluding tert-OH is 3. The fraction of sp³-hybridized carbons (Fsp3) is 0.647. The molecule has 0 unspecified atom stereocenters. The number of aromatic amines is 1. The molecule has 2 heterocycles.